The first kappa shape index (κ1) is 14.0. The molecule has 1 aromatic carbocycles. The molecule has 0 amide bonds. The molecule has 1 heterocycles. The smallest absolute Gasteiger partial charge is 0.147 e. The summed E-state index contributed by atoms with van der Waals surface area (Å²) in [6, 6.07) is 10.5. The summed E-state index contributed by atoms with van der Waals surface area (Å²) in [4.78, 5) is 9.32. The van der Waals surface area contributed by atoms with E-state index in [1.807, 2.05) is 6.07 Å². The lowest BCUT2D eigenvalue weighted by atomic mass is 9.95. The molecule has 0 radical (unpaired) electrons. The molecule has 2 nitrogen and oxygen atoms in total. The average molecular weight is 352 g/mol. The van der Waals surface area contributed by atoms with Gasteiger partial charge in [-0.3, -0.25) is 0 Å². The molecule has 3 rings (SSSR count). The minimum Gasteiger partial charge on any atom is -0.236 e. The van der Waals surface area contributed by atoms with E-state index in [1.54, 1.807) is 0 Å². The Bertz CT molecular complexity index is 624. The molecular weight excluding hydrogens is 336 g/mol. The maximum absolute atomic E-state index is 6.28. The summed E-state index contributed by atoms with van der Waals surface area (Å²) in [7, 11) is 0. The van der Waals surface area contributed by atoms with Gasteiger partial charge in [-0.05, 0) is 40.8 Å². The predicted octanol–water partition coefficient (Wildman–Crippen LogP) is 4.92. The Morgan fingerprint density at radius 2 is 1.90 bits per heavy atom. The van der Waals surface area contributed by atoms with Gasteiger partial charge in [0, 0.05) is 0 Å². The maximum atomic E-state index is 6.28. The molecule has 1 saturated carbocycles. The highest BCUT2D eigenvalue weighted by Crippen LogP contribution is 2.52. The van der Waals surface area contributed by atoms with Gasteiger partial charge in [0.25, 0.3) is 0 Å². The van der Waals surface area contributed by atoms with Crippen molar-refractivity contribution in [2.75, 3.05) is 0 Å². The van der Waals surface area contributed by atoms with Crippen molar-refractivity contribution in [2.24, 2.45) is 0 Å². The molecule has 0 spiro atoms. The molecule has 20 heavy (non-hydrogen) atoms. The van der Waals surface area contributed by atoms with Crippen molar-refractivity contribution in [3.63, 3.8) is 0 Å². The molecule has 1 fully saturated rings. The van der Waals surface area contributed by atoms with E-state index in [1.165, 1.54) is 5.56 Å². The number of hydrogen-bond acceptors (Lipinski definition) is 2. The van der Waals surface area contributed by atoms with Crippen LogP contribution in [0.3, 0.4) is 0 Å². The molecule has 2 aromatic rings. The molecule has 0 bridgehead atoms. The van der Waals surface area contributed by atoms with Crippen LogP contribution in [0, 0.1) is 0 Å². The second-order valence-electron chi connectivity index (χ2n) is 5.30. The van der Waals surface area contributed by atoms with Gasteiger partial charge in [-0.2, -0.15) is 0 Å². The van der Waals surface area contributed by atoms with Gasteiger partial charge in [0.15, 0.2) is 0 Å². The molecular formula is C16H16BrClN2. The van der Waals surface area contributed by atoms with E-state index in [2.05, 4.69) is 52.1 Å². The van der Waals surface area contributed by atoms with Gasteiger partial charge < -0.3 is 0 Å². The molecule has 1 aliphatic rings. The topological polar surface area (TPSA) is 25.8 Å². The van der Waals surface area contributed by atoms with E-state index in [4.69, 9.17) is 16.6 Å². The lowest BCUT2D eigenvalue weighted by Crippen LogP contribution is -2.15. The van der Waals surface area contributed by atoms with Crippen LogP contribution in [-0.2, 0) is 11.8 Å². The zero-order valence-corrected chi connectivity index (χ0v) is 13.7. The van der Waals surface area contributed by atoms with Crippen LogP contribution in [0.5, 0.6) is 0 Å². The Hall–Kier alpha value is -0.930. The Kier molecular flexibility index (Phi) is 3.83. The van der Waals surface area contributed by atoms with Crippen molar-refractivity contribution in [1.29, 1.82) is 0 Å². The molecule has 0 saturated heterocycles. The lowest BCUT2D eigenvalue weighted by Gasteiger charge is -2.16. The first-order chi connectivity index (χ1) is 9.67. The van der Waals surface area contributed by atoms with Crippen LogP contribution in [0.1, 0.15) is 43.3 Å². The summed E-state index contributed by atoms with van der Waals surface area (Å²) in [5.41, 5.74) is 2.29. The van der Waals surface area contributed by atoms with E-state index in [0.717, 1.165) is 41.7 Å². The SMILES string of the molecule is CCCc1nc(C2(c3ccccc3)CC2)nc(Cl)c1Br. The number of hydrogen-bond donors (Lipinski definition) is 0. The van der Waals surface area contributed by atoms with Crippen molar-refractivity contribution in [1.82, 2.24) is 9.97 Å². The van der Waals surface area contributed by atoms with Crippen LogP contribution in [0.4, 0.5) is 0 Å². The van der Waals surface area contributed by atoms with E-state index >= 15 is 0 Å². The van der Waals surface area contributed by atoms with Crippen LogP contribution in [0.15, 0.2) is 34.8 Å². The molecule has 0 N–H and O–H groups in total. The van der Waals surface area contributed by atoms with Crippen molar-refractivity contribution in [3.05, 3.63) is 57.0 Å². The summed E-state index contributed by atoms with van der Waals surface area (Å²) in [5, 5.41) is 0.528. The third-order valence-corrected chi connectivity index (χ3v) is 5.21. The van der Waals surface area contributed by atoms with Gasteiger partial charge in [0.1, 0.15) is 11.0 Å². The van der Waals surface area contributed by atoms with Crippen LogP contribution in [0.25, 0.3) is 0 Å². The first-order valence-corrected chi connectivity index (χ1v) is 8.12. The predicted molar refractivity (Wildman–Crippen MR) is 85.2 cm³/mol. The summed E-state index contributed by atoms with van der Waals surface area (Å²) in [6.45, 7) is 2.15. The van der Waals surface area contributed by atoms with E-state index in [9.17, 15) is 0 Å². The Morgan fingerprint density at radius 1 is 1.20 bits per heavy atom. The van der Waals surface area contributed by atoms with Crippen molar-refractivity contribution in [3.8, 4) is 0 Å². The summed E-state index contributed by atoms with van der Waals surface area (Å²) >= 11 is 9.78. The van der Waals surface area contributed by atoms with E-state index < -0.39 is 0 Å². The summed E-state index contributed by atoms with van der Waals surface area (Å²) in [5.74, 6) is 0.875. The second-order valence-corrected chi connectivity index (χ2v) is 6.45. The molecule has 1 aromatic heterocycles. The number of aryl methyl sites for hydroxylation is 1. The number of rotatable bonds is 4. The minimum absolute atomic E-state index is 0.0198. The zero-order chi connectivity index (χ0) is 14.2. The lowest BCUT2D eigenvalue weighted by molar-refractivity contribution is 0.728. The third-order valence-electron chi connectivity index (χ3n) is 3.87. The second kappa shape index (κ2) is 5.45. The van der Waals surface area contributed by atoms with Crippen molar-refractivity contribution < 1.29 is 0 Å². The first-order valence-electron chi connectivity index (χ1n) is 6.95. The summed E-state index contributed by atoms with van der Waals surface area (Å²) < 4.78 is 0.841. The van der Waals surface area contributed by atoms with Gasteiger partial charge in [-0.25, -0.2) is 9.97 Å². The van der Waals surface area contributed by atoms with Crippen molar-refractivity contribution in [2.45, 2.75) is 38.0 Å². The van der Waals surface area contributed by atoms with Crippen LogP contribution in [-0.4, -0.2) is 9.97 Å². The molecule has 1 aliphatic carbocycles. The molecule has 0 aliphatic heterocycles. The van der Waals surface area contributed by atoms with Gasteiger partial charge in [-0.1, -0.05) is 55.3 Å². The minimum atomic E-state index is -0.0198. The summed E-state index contributed by atoms with van der Waals surface area (Å²) in [6.07, 6.45) is 4.16. The highest BCUT2D eigenvalue weighted by Gasteiger charge is 2.49. The zero-order valence-electron chi connectivity index (χ0n) is 11.4. The normalized spacial score (nSPS) is 16.1. The molecule has 0 unspecified atom stereocenters. The highest BCUT2D eigenvalue weighted by atomic mass is 79.9. The van der Waals surface area contributed by atoms with Crippen LogP contribution >= 0.6 is 27.5 Å². The number of nitrogens with zero attached hydrogens (tertiary/aromatic N) is 2. The quantitative estimate of drug-likeness (QED) is 0.730. The van der Waals surface area contributed by atoms with Gasteiger partial charge in [0.05, 0.1) is 15.6 Å². The third kappa shape index (κ3) is 2.38. The Balaban J connectivity index is 2.07. The van der Waals surface area contributed by atoms with E-state index in [-0.39, 0.29) is 5.41 Å². The number of benzene rings is 1. The van der Waals surface area contributed by atoms with Crippen LogP contribution in [0.2, 0.25) is 5.15 Å². The van der Waals surface area contributed by atoms with Crippen LogP contribution < -0.4 is 0 Å². The molecule has 104 valence electrons. The Labute approximate surface area is 132 Å². The largest absolute Gasteiger partial charge is 0.236 e. The molecule has 4 heteroatoms. The fourth-order valence-electron chi connectivity index (χ4n) is 2.60. The number of aromatic nitrogens is 2. The van der Waals surface area contributed by atoms with Crippen molar-refractivity contribution >= 4 is 27.5 Å². The average Bonchev–Trinajstić information content (AvgIpc) is 3.26. The monoisotopic (exact) mass is 350 g/mol. The van der Waals surface area contributed by atoms with E-state index in [0.29, 0.717) is 5.15 Å². The van der Waals surface area contributed by atoms with Gasteiger partial charge in [-0.15, -0.1) is 0 Å². The fraction of sp³-hybridized carbons (Fsp3) is 0.375. The molecule has 0 atom stereocenters. The highest BCUT2D eigenvalue weighted by molar-refractivity contribution is 9.10. The maximum Gasteiger partial charge on any atom is 0.147 e. The Morgan fingerprint density at radius 3 is 2.50 bits per heavy atom. The van der Waals surface area contributed by atoms with Gasteiger partial charge >= 0.3 is 0 Å². The van der Waals surface area contributed by atoms with Gasteiger partial charge in [0.2, 0.25) is 0 Å². The standard InChI is InChI=1S/C16H16BrClN2/c1-2-6-12-13(17)14(18)20-15(19-12)16(9-10-16)11-7-4-3-5-8-11/h3-5,7-8H,2,6,9-10H2,1H3. The fourth-order valence-corrected chi connectivity index (χ4v) is 3.17. The number of halogens is 2.